The predicted molar refractivity (Wildman–Crippen MR) is 92.9 cm³/mol. The first kappa shape index (κ1) is 18.4. The zero-order chi connectivity index (χ0) is 17.5. The molecule has 2 rings (SSSR count). The Bertz CT molecular complexity index is 603. The zero-order valence-electron chi connectivity index (χ0n) is 13.7. The number of hydrogen-bond acceptors (Lipinski definition) is 4. The lowest BCUT2D eigenvalue weighted by Crippen LogP contribution is -2.37. The van der Waals surface area contributed by atoms with E-state index < -0.39 is 0 Å². The van der Waals surface area contributed by atoms with Gasteiger partial charge in [-0.15, -0.1) is 0 Å². The van der Waals surface area contributed by atoms with Crippen LogP contribution in [0.1, 0.15) is 29.6 Å². The average molecular weight is 397 g/mol. The molecule has 1 aromatic carbocycles. The summed E-state index contributed by atoms with van der Waals surface area (Å²) >= 11 is 3.33. The van der Waals surface area contributed by atoms with E-state index in [0.29, 0.717) is 38.2 Å². The standard InChI is InChI=1S/C17H21BrN2O4/c1-24-17(23)20-10-2-9-19(11-12-20)16(22)8-7-15(21)13-3-5-14(18)6-4-13/h3-6H,2,7-12H2,1H3. The molecule has 0 unspecified atom stereocenters. The van der Waals surface area contributed by atoms with Gasteiger partial charge in [0.1, 0.15) is 0 Å². The number of Topliss-reactive ketones (excluding diaryl/α,β-unsaturated/α-hetero) is 1. The first-order valence-electron chi connectivity index (χ1n) is 7.90. The SMILES string of the molecule is COC(=O)N1CCCN(C(=O)CCC(=O)c2ccc(Br)cc2)CC1. The summed E-state index contributed by atoms with van der Waals surface area (Å²) in [4.78, 5) is 39.3. The van der Waals surface area contributed by atoms with Crippen molar-refractivity contribution < 1.29 is 19.1 Å². The summed E-state index contributed by atoms with van der Waals surface area (Å²) in [5, 5.41) is 0. The smallest absolute Gasteiger partial charge is 0.409 e. The highest BCUT2D eigenvalue weighted by Gasteiger charge is 2.22. The van der Waals surface area contributed by atoms with Crippen molar-refractivity contribution in [2.45, 2.75) is 19.3 Å². The summed E-state index contributed by atoms with van der Waals surface area (Å²) in [6.45, 7) is 2.10. The van der Waals surface area contributed by atoms with Crippen molar-refractivity contribution in [3.05, 3.63) is 34.3 Å². The van der Waals surface area contributed by atoms with Gasteiger partial charge >= 0.3 is 6.09 Å². The molecule has 1 fully saturated rings. The van der Waals surface area contributed by atoms with Crippen LogP contribution < -0.4 is 0 Å². The quantitative estimate of drug-likeness (QED) is 0.733. The Labute approximate surface area is 149 Å². The Morgan fingerprint density at radius 3 is 2.29 bits per heavy atom. The maximum atomic E-state index is 12.3. The molecular weight excluding hydrogens is 376 g/mol. The number of carbonyl (C=O) groups is 3. The minimum atomic E-state index is -0.366. The average Bonchev–Trinajstić information content (AvgIpc) is 2.85. The van der Waals surface area contributed by atoms with Crippen molar-refractivity contribution in [1.29, 1.82) is 0 Å². The summed E-state index contributed by atoms with van der Waals surface area (Å²) in [6, 6.07) is 7.12. The van der Waals surface area contributed by atoms with Gasteiger partial charge in [-0.05, 0) is 18.6 Å². The number of ketones is 1. The highest BCUT2D eigenvalue weighted by atomic mass is 79.9. The van der Waals surface area contributed by atoms with E-state index in [0.717, 1.165) is 4.47 Å². The lowest BCUT2D eigenvalue weighted by molar-refractivity contribution is -0.131. The summed E-state index contributed by atoms with van der Waals surface area (Å²) in [5.74, 6) is -0.0889. The van der Waals surface area contributed by atoms with Crippen LogP contribution in [0.25, 0.3) is 0 Å². The number of halogens is 1. The van der Waals surface area contributed by atoms with Crippen LogP contribution >= 0.6 is 15.9 Å². The minimum Gasteiger partial charge on any atom is -0.453 e. The summed E-state index contributed by atoms with van der Waals surface area (Å²) in [5.41, 5.74) is 0.610. The second kappa shape index (κ2) is 8.82. The lowest BCUT2D eigenvalue weighted by Gasteiger charge is -2.21. The molecule has 2 amide bonds. The first-order valence-corrected chi connectivity index (χ1v) is 8.70. The second-order valence-electron chi connectivity index (χ2n) is 5.62. The van der Waals surface area contributed by atoms with E-state index in [1.165, 1.54) is 7.11 Å². The number of methoxy groups -OCH3 is 1. The van der Waals surface area contributed by atoms with Crippen molar-refractivity contribution >= 4 is 33.7 Å². The van der Waals surface area contributed by atoms with Gasteiger partial charge in [-0.1, -0.05) is 28.1 Å². The van der Waals surface area contributed by atoms with Crippen LogP contribution in [0.15, 0.2) is 28.7 Å². The lowest BCUT2D eigenvalue weighted by atomic mass is 10.1. The highest BCUT2D eigenvalue weighted by molar-refractivity contribution is 9.10. The molecule has 6 nitrogen and oxygen atoms in total. The molecule has 0 spiro atoms. The first-order chi connectivity index (χ1) is 11.5. The Morgan fingerprint density at radius 2 is 1.62 bits per heavy atom. The van der Waals surface area contributed by atoms with E-state index in [1.807, 2.05) is 12.1 Å². The molecule has 0 saturated carbocycles. The van der Waals surface area contributed by atoms with E-state index in [1.54, 1.807) is 21.9 Å². The Morgan fingerprint density at radius 1 is 1.00 bits per heavy atom. The van der Waals surface area contributed by atoms with Gasteiger partial charge in [-0.25, -0.2) is 4.79 Å². The molecule has 1 heterocycles. The molecular formula is C17H21BrN2O4. The molecule has 1 aliphatic rings. The zero-order valence-corrected chi connectivity index (χ0v) is 15.3. The molecule has 0 aliphatic carbocycles. The molecule has 0 radical (unpaired) electrons. The fourth-order valence-electron chi connectivity index (χ4n) is 2.64. The van der Waals surface area contributed by atoms with Crippen LogP contribution in [-0.2, 0) is 9.53 Å². The van der Waals surface area contributed by atoms with Gasteiger partial charge in [-0.2, -0.15) is 0 Å². The topological polar surface area (TPSA) is 66.9 Å². The van der Waals surface area contributed by atoms with Crippen molar-refractivity contribution in [3.63, 3.8) is 0 Å². The van der Waals surface area contributed by atoms with Crippen LogP contribution in [0.4, 0.5) is 4.79 Å². The number of rotatable bonds is 4. The minimum absolute atomic E-state index is 0.0399. The molecule has 0 N–H and O–H groups in total. The van der Waals surface area contributed by atoms with Crippen molar-refractivity contribution in [2.24, 2.45) is 0 Å². The third kappa shape index (κ3) is 5.06. The molecule has 1 aliphatic heterocycles. The predicted octanol–water partition coefficient (Wildman–Crippen LogP) is 2.71. The Kier molecular flexibility index (Phi) is 6.78. The molecule has 24 heavy (non-hydrogen) atoms. The Hall–Kier alpha value is -1.89. The maximum absolute atomic E-state index is 12.3. The van der Waals surface area contributed by atoms with E-state index >= 15 is 0 Å². The van der Waals surface area contributed by atoms with Gasteiger partial charge in [0, 0.05) is 49.1 Å². The number of ether oxygens (including phenoxy) is 1. The maximum Gasteiger partial charge on any atom is 0.409 e. The third-order valence-electron chi connectivity index (χ3n) is 4.01. The van der Waals surface area contributed by atoms with Crippen LogP contribution in [0, 0.1) is 0 Å². The molecule has 0 bridgehead atoms. The summed E-state index contributed by atoms with van der Waals surface area (Å²) in [7, 11) is 1.35. The van der Waals surface area contributed by atoms with Crippen LogP contribution in [-0.4, -0.2) is 60.9 Å². The molecule has 0 atom stereocenters. The van der Waals surface area contributed by atoms with Crippen LogP contribution in [0.2, 0.25) is 0 Å². The number of benzene rings is 1. The van der Waals surface area contributed by atoms with E-state index in [9.17, 15) is 14.4 Å². The van der Waals surface area contributed by atoms with E-state index in [4.69, 9.17) is 4.74 Å². The largest absolute Gasteiger partial charge is 0.453 e. The van der Waals surface area contributed by atoms with E-state index in [2.05, 4.69) is 15.9 Å². The van der Waals surface area contributed by atoms with Crippen molar-refractivity contribution in [1.82, 2.24) is 9.80 Å². The number of hydrogen-bond donors (Lipinski definition) is 0. The Balaban J connectivity index is 1.83. The van der Waals surface area contributed by atoms with Gasteiger partial charge in [0.05, 0.1) is 7.11 Å². The van der Waals surface area contributed by atoms with Crippen molar-refractivity contribution in [2.75, 3.05) is 33.3 Å². The number of nitrogens with zero attached hydrogens (tertiary/aromatic N) is 2. The molecule has 130 valence electrons. The summed E-state index contributed by atoms with van der Waals surface area (Å²) < 4.78 is 5.62. The molecule has 0 aromatic heterocycles. The fourth-order valence-corrected chi connectivity index (χ4v) is 2.90. The van der Waals surface area contributed by atoms with E-state index in [-0.39, 0.29) is 30.6 Å². The van der Waals surface area contributed by atoms with Gasteiger partial charge in [0.15, 0.2) is 5.78 Å². The number of carbonyl (C=O) groups excluding carboxylic acids is 3. The molecule has 7 heteroatoms. The van der Waals surface area contributed by atoms with Gasteiger partial charge in [0.2, 0.25) is 5.91 Å². The highest BCUT2D eigenvalue weighted by Crippen LogP contribution is 2.13. The molecule has 1 saturated heterocycles. The van der Waals surface area contributed by atoms with Crippen LogP contribution in [0.3, 0.4) is 0 Å². The number of amides is 2. The van der Waals surface area contributed by atoms with Crippen LogP contribution in [0.5, 0.6) is 0 Å². The van der Waals surface area contributed by atoms with Gasteiger partial charge < -0.3 is 14.5 Å². The molecule has 1 aromatic rings. The van der Waals surface area contributed by atoms with Crippen molar-refractivity contribution in [3.8, 4) is 0 Å². The summed E-state index contributed by atoms with van der Waals surface area (Å²) in [6.07, 6.45) is 0.724. The second-order valence-corrected chi connectivity index (χ2v) is 6.54. The normalized spacial score (nSPS) is 14.9. The van der Waals surface area contributed by atoms with Gasteiger partial charge in [0.25, 0.3) is 0 Å². The third-order valence-corrected chi connectivity index (χ3v) is 4.54. The van der Waals surface area contributed by atoms with Gasteiger partial charge in [-0.3, -0.25) is 9.59 Å². The fraction of sp³-hybridized carbons (Fsp3) is 0.471. The monoisotopic (exact) mass is 396 g/mol.